The molecule has 0 aromatic heterocycles. The number of hydrogen-bond acceptors (Lipinski definition) is 4. The zero-order chi connectivity index (χ0) is 23.4. The molecule has 0 aliphatic heterocycles. The predicted molar refractivity (Wildman–Crippen MR) is 93.5 cm³/mol. The van der Waals surface area contributed by atoms with E-state index < -0.39 is 66.3 Å². The van der Waals surface area contributed by atoms with Crippen LogP contribution in [0.15, 0.2) is 42.5 Å². The topological polar surface area (TPSA) is 55.8 Å². The molecule has 0 spiro atoms. The van der Waals surface area contributed by atoms with Gasteiger partial charge in [-0.25, -0.2) is 4.39 Å². The maximum Gasteiger partial charge on any atom is 0.416 e. The van der Waals surface area contributed by atoms with E-state index in [4.69, 9.17) is 14.6 Å². The molecule has 4 nitrogen and oxygen atoms in total. The number of rotatable bonds is 8. The zero-order valence-corrected chi connectivity index (χ0v) is 15.9. The van der Waals surface area contributed by atoms with Gasteiger partial charge in [0.05, 0.1) is 30.4 Å². The number of benzene rings is 2. The van der Waals surface area contributed by atoms with E-state index in [1.165, 1.54) is 0 Å². The van der Waals surface area contributed by atoms with Crippen LogP contribution in [0.3, 0.4) is 0 Å². The van der Waals surface area contributed by atoms with Gasteiger partial charge in [-0.2, -0.15) is 26.3 Å². The molecule has 2 rings (SSSR count). The smallest absolute Gasteiger partial charge is 0.394 e. The number of Topliss-reactive ketones (excluding diaryl/α,β-unsaturated/α-hetero) is 1. The molecule has 170 valence electrons. The molecule has 0 fully saturated rings. The van der Waals surface area contributed by atoms with Crippen molar-refractivity contribution in [2.75, 3.05) is 13.2 Å². The Kier molecular flexibility index (Phi) is 7.79. The van der Waals surface area contributed by atoms with Crippen molar-refractivity contribution in [1.82, 2.24) is 0 Å². The number of hydrogen-bond donors (Lipinski definition) is 1. The Balaban J connectivity index is 2.36. The second-order valence-corrected chi connectivity index (χ2v) is 6.41. The molecule has 0 heterocycles. The summed E-state index contributed by atoms with van der Waals surface area (Å²) in [6, 6.07) is 5.08. The number of aliphatic hydroxyl groups is 1. The second-order valence-electron chi connectivity index (χ2n) is 6.41. The van der Waals surface area contributed by atoms with E-state index in [9.17, 15) is 35.5 Å². The highest BCUT2D eigenvalue weighted by Gasteiger charge is 2.37. The standard InChI is InChI=1S/C20H17F7O4/c1-11(13-8-14(19(22,23)24)10-15(9-13)20(25,26)27)31-18(30-7-6-28)17(29)12-2-4-16(21)5-3-12/h2-5,8-11,18,28H,6-7H2,1H3/t11-,18+/m1/s1. The van der Waals surface area contributed by atoms with Crippen molar-refractivity contribution in [2.45, 2.75) is 31.7 Å². The summed E-state index contributed by atoms with van der Waals surface area (Å²) >= 11 is 0. The van der Waals surface area contributed by atoms with Gasteiger partial charge in [0.25, 0.3) is 0 Å². The Labute approximate surface area is 172 Å². The van der Waals surface area contributed by atoms with Crippen molar-refractivity contribution in [1.29, 1.82) is 0 Å². The number of halogens is 7. The monoisotopic (exact) mass is 454 g/mol. The molecule has 0 saturated heterocycles. The molecule has 0 saturated carbocycles. The average Bonchev–Trinajstić information content (AvgIpc) is 2.69. The van der Waals surface area contributed by atoms with Crippen LogP contribution in [-0.4, -0.2) is 30.4 Å². The fourth-order valence-corrected chi connectivity index (χ4v) is 2.56. The summed E-state index contributed by atoms with van der Waals surface area (Å²) in [6.07, 6.45) is -13.3. The van der Waals surface area contributed by atoms with Crippen LogP contribution in [0.1, 0.15) is 40.1 Å². The van der Waals surface area contributed by atoms with Crippen molar-refractivity contribution in [3.05, 3.63) is 70.5 Å². The largest absolute Gasteiger partial charge is 0.416 e. The first-order valence-corrected chi connectivity index (χ1v) is 8.80. The van der Waals surface area contributed by atoms with Crippen molar-refractivity contribution in [3.63, 3.8) is 0 Å². The molecule has 0 amide bonds. The second kappa shape index (κ2) is 9.75. The minimum absolute atomic E-state index is 0.0281. The lowest BCUT2D eigenvalue weighted by atomic mass is 10.0. The molecule has 11 heteroatoms. The van der Waals surface area contributed by atoms with Gasteiger partial charge >= 0.3 is 12.4 Å². The third-order valence-corrected chi connectivity index (χ3v) is 4.11. The van der Waals surface area contributed by atoms with Crippen LogP contribution in [0.5, 0.6) is 0 Å². The molecule has 0 bridgehead atoms. The Morgan fingerprint density at radius 1 is 0.968 bits per heavy atom. The van der Waals surface area contributed by atoms with Crippen LogP contribution < -0.4 is 0 Å². The maximum absolute atomic E-state index is 13.1. The highest BCUT2D eigenvalue weighted by molar-refractivity contribution is 5.98. The Morgan fingerprint density at radius 3 is 1.94 bits per heavy atom. The molecule has 2 aromatic rings. The number of ether oxygens (including phenoxy) is 2. The molecular weight excluding hydrogens is 437 g/mol. The van der Waals surface area contributed by atoms with Gasteiger partial charge < -0.3 is 14.6 Å². The summed E-state index contributed by atoms with van der Waals surface area (Å²) in [6.45, 7) is 0.205. The van der Waals surface area contributed by atoms with Gasteiger partial charge in [-0.1, -0.05) is 0 Å². The lowest BCUT2D eigenvalue weighted by molar-refractivity contribution is -0.148. The first-order chi connectivity index (χ1) is 14.3. The van der Waals surface area contributed by atoms with Gasteiger partial charge in [0.2, 0.25) is 12.1 Å². The number of carbonyl (C=O) groups is 1. The first-order valence-electron chi connectivity index (χ1n) is 8.80. The molecule has 0 unspecified atom stereocenters. The third-order valence-electron chi connectivity index (χ3n) is 4.11. The summed E-state index contributed by atoms with van der Waals surface area (Å²) in [5, 5.41) is 8.92. The number of aliphatic hydroxyl groups excluding tert-OH is 1. The molecule has 1 N–H and O–H groups in total. The Morgan fingerprint density at radius 2 is 1.48 bits per heavy atom. The average molecular weight is 454 g/mol. The number of carbonyl (C=O) groups excluding carboxylic acids is 1. The van der Waals surface area contributed by atoms with Crippen LogP contribution in [0.25, 0.3) is 0 Å². The van der Waals surface area contributed by atoms with E-state index in [2.05, 4.69) is 0 Å². The summed E-state index contributed by atoms with van der Waals surface area (Å²) in [7, 11) is 0. The minimum atomic E-state index is -5.05. The van der Waals surface area contributed by atoms with Gasteiger partial charge in [-0.3, -0.25) is 4.79 Å². The van der Waals surface area contributed by atoms with E-state index in [0.717, 1.165) is 31.2 Å². The van der Waals surface area contributed by atoms with Crippen molar-refractivity contribution < 1.29 is 50.1 Å². The van der Waals surface area contributed by atoms with E-state index >= 15 is 0 Å². The highest BCUT2D eigenvalue weighted by Crippen LogP contribution is 2.38. The van der Waals surface area contributed by atoms with Crippen molar-refractivity contribution >= 4 is 5.78 Å². The van der Waals surface area contributed by atoms with Crippen molar-refractivity contribution in [3.8, 4) is 0 Å². The molecule has 0 radical (unpaired) electrons. The normalized spacial score (nSPS) is 14.4. The fourth-order valence-electron chi connectivity index (χ4n) is 2.56. The summed E-state index contributed by atoms with van der Waals surface area (Å²) in [4.78, 5) is 12.6. The lowest BCUT2D eigenvalue weighted by Gasteiger charge is -2.23. The van der Waals surface area contributed by atoms with E-state index in [-0.39, 0.29) is 11.6 Å². The van der Waals surface area contributed by atoms with Crippen LogP contribution in [0.4, 0.5) is 30.7 Å². The van der Waals surface area contributed by atoms with E-state index in [1.807, 2.05) is 0 Å². The highest BCUT2D eigenvalue weighted by atomic mass is 19.4. The summed E-state index contributed by atoms with van der Waals surface area (Å²) in [5.74, 6) is -1.49. The molecule has 31 heavy (non-hydrogen) atoms. The van der Waals surface area contributed by atoms with Crippen molar-refractivity contribution in [2.24, 2.45) is 0 Å². The number of alkyl halides is 6. The zero-order valence-electron chi connectivity index (χ0n) is 15.9. The van der Waals surface area contributed by atoms with Gasteiger partial charge in [0, 0.05) is 5.56 Å². The van der Waals surface area contributed by atoms with E-state index in [0.29, 0.717) is 12.1 Å². The minimum Gasteiger partial charge on any atom is -0.394 e. The van der Waals surface area contributed by atoms with Gasteiger partial charge in [0.1, 0.15) is 5.82 Å². The maximum atomic E-state index is 13.1. The SMILES string of the molecule is C[C@@H](O[C@H](OCCO)C(=O)c1ccc(F)cc1)c1cc(C(F)(F)F)cc(C(F)(F)F)c1. The molecule has 0 aliphatic carbocycles. The van der Waals surface area contributed by atoms with Crippen LogP contribution in [0.2, 0.25) is 0 Å². The van der Waals surface area contributed by atoms with Gasteiger partial charge in [-0.15, -0.1) is 0 Å². The molecule has 0 aliphatic rings. The lowest BCUT2D eigenvalue weighted by Crippen LogP contribution is -2.30. The van der Waals surface area contributed by atoms with E-state index in [1.54, 1.807) is 0 Å². The molecular formula is C20H17F7O4. The Hall–Kier alpha value is -2.50. The fraction of sp³-hybridized carbons (Fsp3) is 0.350. The predicted octanol–water partition coefficient (Wildman–Crippen LogP) is 5.16. The van der Waals surface area contributed by atoms with Crippen LogP contribution in [-0.2, 0) is 21.8 Å². The van der Waals surface area contributed by atoms with Gasteiger partial charge in [-0.05, 0) is 55.0 Å². The Bertz CT molecular complexity index is 860. The molecule has 2 atom stereocenters. The summed E-state index contributed by atoms with van der Waals surface area (Å²) < 4.78 is 102. The first kappa shape index (κ1) is 24.8. The van der Waals surface area contributed by atoms with Crippen LogP contribution >= 0.6 is 0 Å². The van der Waals surface area contributed by atoms with Crippen LogP contribution in [0, 0.1) is 5.82 Å². The summed E-state index contributed by atoms with van der Waals surface area (Å²) in [5.41, 5.74) is -3.64. The van der Waals surface area contributed by atoms with Gasteiger partial charge in [0.15, 0.2) is 0 Å². The third kappa shape index (κ3) is 6.74. The molecule has 2 aromatic carbocycles. The quantitative estimate of drug-likeness (QED) is 0.340. The number of ketones is 1.